The van der Waals surface area contributed by atoms with Crippen LogP contribution in [0.4, 0.5) is 0 Å². The molecule has 0 N–H and O–H groups in total. The molecule has 2 fully saturated rings. The molecule has 6 heteroatoms. The van der Waals surface area contributed by atoms with Crippen molar-refractivity contribution in [3.05, 3.63) is 29.8 Å². The number of hydrogen-bond donors (Lipinski definition) is 0. The van der Waals surface area contributed by atoms with Gasteiger partial charge < -0.3 is 4.90 Å². The van der Waals surface area contributed by atoms with E-state index < -0.39 is 9.84 Å². The third-order valence-corrected chi connectivity index (χ3v) is 5.93. The number of sulfone groups is 1. The summed E-state index contributed by atoms with van der Waals surface area (Å²) >= 11 is 0. The molecule has 2 saturated heterocycles. The average molecular weight is 322 g/mol. The molecule has 0 saturated carbocycles. The molecular formula is C16H22N2O3S. The Balaban J connectivity index is 1.66. The van der Waals surface area contributed by atoms with Gasteiger partial charge in [-0.25, -0.2) is 8.42 Å². The zero-order valence-electron chi connectivity index (χ0n) is 13.0. The molecule has 0 spiro atoms. The Hall–Kier alpha value is -1.40. The van der Waals surface area contributed by atoms with Crippen molar-refractivity contribution in [2.75, 3.05) is 32.9 Å². The number of benzene rings is 1. The van der Waals surface area contributed by atoms with Gasteiger partial charge >= 0.3 is 0 Å². The third-order valence-electron chi connectivity index (χ3n) is 4.80. The van der Waals surface area contributed by atoms with E-state index in [1.165, 1.54) is 6.26 Å². The molecule has 0 aromatic heterocycles. The van der Waals surface area contributed by atoms with Gasteiger partial charge in [-0.05, 0) is 30.0 Å². The van der Waals surface area contributed by atoms with Gasteiger partial charge in [0.15, 0.2) is 9.84 Å². The number of amides is 1. The van der Waals surface area contributed by atoms with E-state index in [-0.39, 0.29) is 11.8 Å². The fourth-order valence-electron chi connectivity index (χ4n) is 3.51. The van der Waals surface area contributed by atoms with Crippen LogP contribution in [0.5, 0.6) is 0 Å². The van der Waals surface area contributed by atoms with Gasteiger partial charge in [-0.2, -0.15) is 0 Å². The highest BCUT2D eigenvalue weighted by atomic mass is 32.2. The molecule has 2 heterocycles. The van der Waals surface area contributed by atoms with E-state index in [1.54, 1.807) is 12.1 Å². The van der Waals surface area contributed by atoms with Crippen molar-refractivity contribution >= 4 is 15.7 Å². The Morgan fingerprint density at radius 3 is 2.50 bits per heavy atom. The fraction of sp³-hybridized carbons (Fsp3) is 0.562. The fourth-order valence-corrected chi connectivity index (χ4v) is 4.15. The second-order valence-corrected chi connectivity index (χ2v) is 8.54. The molecule has 1 aromatic carbocycles. The molecule has 1 aromatic rings. The monoisotopic (exact) mass is 322 g/mol. The summed E-state index contributed by atoms with van der Waals surface area (Å²) in [6.45, 7) is 3.39. The second kappa shape index (κ2) is 5.66. The van der Waals surface area contributed by atoms with Crippen LogP contribution in [0, 0.1) is 11.8 Å². The molecule has 0 unspecified atom stereocenters. The zero-order valence-corrected chi connectivity index (χ0v) is 13.8. The molecule has 2 atom stereocenters. The number of fused-ring (bicyclic) bond motifs is 1. The first-order valence-electron chi connectivity index (χ1n) is 7.61. The minimum atomic E-state index is -3.14. The zero-order chi connectivity index (χ0) is 15.9. The summed E-state index contributed by atoms with van der Waals surface area (Å²) in [6, 6.07) is 7.05. The first-order chi connectivity index (χ1) is 10.3. The number of rotatable bonds is 3. The summed E-state index contributed by atoms with van der Waals surface area (Å²) in [4.78, 5) is 16.7. The van der Waals surface area contributed by atoms with E-state index in [0.717, 1.165) is 38.2 Å². The van der Waals surface area contributed by atoms with Crippen molar-refractivity contribution in [3.63, 3.8) is 0 Å². The molecule has 3 rings (SSSR count). The predicted octanol–water partition coefficient (Wildman–Crippen LogP) is 1.00. The van der Waals surface area contributed by atoms with E-state index in [2.05, 4.69) is 4.90 Å². The molecule has 120 valence electrons. The number of carbonyl (C=O) groups excluding carboxylic acids is 1. The Kier molecular flexibility index (Phi) is 3.99. The van der Waals surface area contributed by atoms with Crippen LogP contribution < -0.4 is 0 Å². The lowest BCUT2D eigenvalue weighted by Gasteiger charge is -2.30. The quantitative estimate of drug-likeness (QED) is 0.833. The van der Waals surface area contributed by atoms with Gasteiger partial charge in [-0.15, -0.1) is 0 Å². The van der Waals surface area contributed by atoms with Crippen molar-refractivity contribution in [1.29, 1.82) is 0 Å². The Bertz CT molecular complexity index is 669. The number of likely N-dealkylation sites (tertiary alicyclic amines) is 2. The van der Waals surface area contributed by atoms with Crippen LogP contribution in [-0.4, -0.2) is 57.1 Å². The smallest absolute Gasteiger partial charge is 0.227 e. The summed E-state index contributed by atoms with van der Waals surface area (Å²) in [6.07, 6.45) is 2.30. The molecule has 1 amide bonds. The molecule has 2 aliphatic rings. The summed E-state index contributed by atoms with van der Waals surface area (Å²) in [5.41, 5.74) is 1.09. The van der Waals surface area contributed by atoms with E-state index >= 15 is 0 Å². The maximum absolute atomic E-state index is 12.2. The maximum atomic E-state index is 12.2. The van der Waals surface area contributed by atoms with Crippen molar-refractivity contribution in [3.8, 4) is 0 Å². The van der Waals surface area contributed by atoms with Crippen molar-refractivity contribution in [1.82, 2.24) is 9.80 Å². The highest BCUT2D eigenvalue weighted by molar-refractivity contribution is 7.90. The van der Waals surface area contributed by atoms with Crippen LogP contribution in [0.2, 0.25) is 0 Å². The summed E-state index contributed by atoms with van der Waals surface area (Å²) in [5.74, 6) is 0.874. The first-order valence-corrected chi connectivity index (χ1v) is 9.50. The number of carbonyl (C=O) groups is 1. The number of nitrogens with zero attached hydrogens (tertiary/aromatic N) is 2. The molecule has 0 aliphatic carbocycles. The molecule has 2 aliphatic heterocycles. The summed E-state index contributed by atoms with van der Waals surface area (Å²) in [5, 5.41) is 0. The highest BCUT2D eigenvalue weighted by Crippen LogP contribution is 2.32. The Morgan fingerprint density at radius 1 is 1.18 bits per heavy atom. The SMILES string of the molecule is CN1CC[C@@H]2CN(Cc3ccc(S(C)(=O)=O)cc3)C[C@@H]2C1=O. The van der Waals surface area contributed by atoms with Crippen LogP contribution in [0.1, 0.15) is 12.0 Å². The largest absolute Gasteiger partial charge is 0.345 e. The van der Waals surface area contributed by atoms with Crippen molar-refractivity contribution < 1.29 is 13.2 Å². The van der Waals surface area contributed by atoms with E-state index in [9.17, 15) is 13.2 Å². The number of piperidine rings is 1. The highest BCUT2D eigenvalue weighted by Gasteiger charge is 2.41. The van der Waals surface area contributed by atoms with E-state index in [4.69, 9.17) is 0 Å². The summed E-state index contributed by atoms with van der Waals surface area (Å²) < 4.78 is 22.9. The second-order valence-electron chi connectivity index (χ2n) is 6.53. The molecule has 5 nitrogen and oxygen atoms in total. The van der Waals surface area contributed by atoms with Gasteiger partial charge in [0.25, 0.3) is 0 Å². The third kappa shape index (κ3) is 3.03. The van der Waals surface area contributed by atoms with Crippen LogP contribution >= 0.6 is 0 Å². The standard InChI is InChI=1S/C16H22N2O3S/c1-17-8-7-13-10-18(11-15(13)16(17)19)9-12-3-5-14(6-4-12)22(2,20)21/h3-6,13,15H,7-11H2,1-2H3/t13-,15+/m1/s1. The normalized spacial score (nSPS) is 26.3. The van der Waals surface area contributed by atoms with Gasteiger partial charge in [-0.1, -0.05) is 12.1 Å². The van der Waals surface area contributed by atoms with Gasteiger partial charge in [0.2, 0.25) is 5.91 Å². The van der Waals surface area contributed by atoms with Gasteiger partial charge in [0.1, 0.15) is 0 Å². The minimum absolute atomic E-state index is 0.133. The topological polar surface area (TPSA) is 57.7 Å². The van der Waals surface area contributed by atoms with Gasteiger partial charge in [0.05, 0.1) is 10.8 Å². The van der Waals surface area contributed by atoms with Crippen LogP contribution in [-0.2, 0) is 21.2 Å². The van der Waals surface area contributed by atoms with E-state index in [1.807, 2.05) is 24.1 Å². The molecule has 22 heavy (non-hydrogen) atoms. The molecular weight excluding hydrogens is 300 g/mol. The maximum Gasteiger partial charge on any atom is 0.227 e. The predicted molar refractivity (Wildman–Crippen MR) is 84.1 cm³/mol. The Morgan fingerprint density at radius 2 is 1.86 bits per heavy atom. The van der Waals surface area contributed by atoms with Crippen LogP contribution in [0.3, 0.4) is 0 Å². The van der Waals surface area contributed by atoms with Gasteiger partial charge in [-0.3, -0.25) is 9.69 Å². The lowest BCUT2D eigenvalue weighted by atomic mass is 9.88. The average Bonchev–Trinajstić information content (AvgIpc) is 2.86. The lowest BCUT2D eigenvalue weighted by molar-refractivity contribution is -0.137. The summed E-state index contributed by atoms with van der Waals surface area (Å²) in [7, 11) is -1.26. The molecule has 0 radical (unpaired) electrons. The molecule has 0 bridgehead atoms. The lowest BCUT2D eigenvalue weighted by Crippen LogP contribution is -2.42. The van der Waals surface area contributed by atoms with Crippen molar-refractivity contribution in [2.45, 2.75) is 17.9 Å². The van der Waals surface area contributed by atoms with Crippen molar-refractivity contribution in [2.24, 2.45) is 11.8 Å². The minimum Gasteiger partial charge on any atom is -0.345 e. The van der Waals surface area contributed by atoms with Gasteiger partial charge in [0, 0.05) is 39.5 Å². The van der Waals surface area contributed by atoms with Crippen LogP contribution in [0.15, 0.2) is 29.2 Å². The van der Waals surface area contributed by atoms with Crippen LogP contribution in [0.25, 0.3) is 0 Å². The number of hydrogen-bond acceptors (Lipinski definition) is 4. The van der Waals surface area contributed by atoms with E-state index in [0.29, 0.717) is 10.8 Å². The Labute approximate surface area is 131 Å². The first kappa shape index (κ1) is 15.5.